The molecule has 10 nitrogen and oxygen atoms in total. The minimum atomic E-state index is -1.33. The van der Waals surface area contributed by atoms with E-state index < -0.39 is 29.9 Å². The van der Waals surface area contributed by atoms with E-state index in [2.05, 4.69) is 15.7 Å². The number of benzene rings is 2. The summed E-state index contributed by atoms with van der Waals surface area (Å²) < 4.78 is 12.5. The Labute approximate surface area is 201 Å². The van der Waals surface area contributed by atoms with Crippen molar-refractivity contribution in [3.63, 3.8) is 0 Å². The summed E-state index contributed by atoms with van der Waals surface area (Å²) in [6.45, 7) is 6.91. The lowest BCUT2D eigenvalue weighted by Crippen LogP contribution is -2.42. The predicted molar refractivity (Wildman–Crippen MR) is 127 cm³/mol. The summed E-state index contributed by atoms with van der Waals surface area (Å²) in [6.07, 6.45) is 0. The first kappa shape index (κ1) is 22.5. The van der Waals surface area contributed by atoms with Gasteiger partial charge in [0.05, 0.1) is 22.8 Å². The Kier molecular flexibility index (Phi) is 5.23. The largest absolute Gasteiger partial charge is 0.454 e. The minimum Gasteiger partial charge on any atom is -0.454 e. The van der Waals surface area contributed by atoms with Crippen molar-refractivity contribution >= 4 is 23.5 Å². The summed E-state index contributed by atoms with van der Waals surface area (Å²) >= 11 is 0. The number of hydrogen-bond donors (Lipinski definition) is 2. The van der Waals surface area contributed by atoms with Crippen molar-refractivity contribution in [2.45, 2.75) is 33.2 Å². The van der Waals surface area contributed by atoms with E-state index in [4.69, 9.17) is 9.47 Å². The second kappa shape index (κ2) is 8.15. The molecule has 0 spiro atoms. The second-order valence-electron chi connectivity index (χ2n) is 8.86. The Morgan fingerprint density at radius 1 is 1.09 bits per heavy atom. The van der Waals surface area contributed by atoms with Gasteiger partial charge in [-0.2, -0.15) is 5.10 Å². The summed E-state index contributed by atoms with van der Waals surface area (Å²) in [5.41, 5.74) is 3.10. The van der Waals surface area contributed by atoms with Crippen molar-refractivity contribution in [1.29, 1.82) is 0 Å². The van der Waals surface area contributed by atoms with Gasteiger partial charge in [0.25, 0.3) is 5.91 Å². The Morgan fingerprint density at radius 3 is 2.54 bits per heavy atom. The smallest absolute Gasteiger partial charge is 0.325 e. The zero-order chi connectivity index (χ0) is 24.9. The average molecular weight is 476 g/mol. The highest BCUT2D eigenvalue weighted by molar-refractivity contribution is 6.10. The number of anilines is 1. The molecule has 3 heterocycles. The first-order valence-electron chi connectivity index (χ1n) is 11.1. The molecule has 2 N–H and O–H groups in total. The summed E-state index contributed by atoms with van der Waals surface area (Å²) in [5, 5.41) is 10.1. The Bertz CT molecular complexity index is 1360. The molecule has 10 heteroatoms. The van der Waals surface area contributed by atoms with Crippen molar-refractivity contribution in [1.82, 2.24) is 20.0 Å². The van der Waals surface area contributed by atoms with Gasteiger partial charge < -0.3 is 20.1 Å². The van der Waals surface area contributed by atoms with Crippen LogP contribution in [0, 0.1) is 20.8 Å². The van der Waals surface area contributed by atoms with E-state index in [1.165, 1.54) is 0 Å². The molecule has 1 fully saturated rings. The molecule has 1 atom stereocenters. The fourth-order valence-electron chi connectivity index (χ4n) is 4.33. The van der Waals surface area contributed by atoms with Crippen LogP contribution in [-0.4, -0.2) is 45.9 Å². The first-order chi connectivity index (χ1) is 16.7. The molecule has 5 rings (SSSR count). The molecule has 0 saturated carbocycles. The summed E-state index contributed by atoms with van der Waals surface area (Å²) in [4.78, 5) is 39.7. The van der Waals surface area contributed by atoms with Crippen LogP contribution >= 0.6 is 0 Å². The lowest BCUT2D eigenvalue weighted by molar-refractivity contribution is -0.133. The lowest BCUT2D eigenvalue weighted by atomic mass is 9.91. The van der Waals surface area contributed by atoms with Crippen molar-refractivity contribution in [2.24, 2.45) is 0 Å². The number of amides is 4. The van der Waals surface area contributed by atoms with Crippen LogP contribution in [0.25, 0.3) is 5.69 Å². The van der Waals surface area contributed by atoms with Gasteiger partial charge in [0.1, 0.15) is 12.1 Å². The quantitative estimate of drug-likeness (QED) is 0.549. The SMILES string of the molecule is Cc1ccc(-n2nc(C)c(NC(=O)CN3C(=O)N[C@@](C)(c4ccc5c(c4)OCO5)C3=O)c2C)cc1. The van der Waals surface area contributed by atoms with Gasteiger partial charge in [0.15, 0.2) is 11.5 Å². The number of ether oxygens (including phenoxy) is 2. The van der Waals surface area contributed by atoms with E-state index >= 15 is 0 Å². The molecule has 0 unspecified atom stereocenters. The number of urea groups is 1. The third kappa shape index (κ3) is 3.76. The van der Waals surface area contributed by atoms with Gasteiger partial charge in [0.2, 0.25) is 12.7 Å². The average Bonchev–Trinajstić information content (AvgIpc) is 3.47. The predicted octanol–water partition coefficient (Wildman–Crippen LogP) is 2.93. The second-order valence-corrected chi connectivity index (χ2v) is 8.86. The number of nitrogens with one attached hydrogen (secondary N) is 2. The number of nitrogens with zero attached hydrogens (tertiary/aromatic N) is 3. The van der Waals surface area contributed by atoms with Crippen LogP contribution < -0.4 is 20.1 Å². The fourth-order valence-corrected chi connectivity index (χ4v) is 4.33. The lowest BCUT2D eigenvalue weighted by Gasteiger charge is -2.22. The van der Waals surface area contributed by atoms with Gasteiger partial charge in [-0.1, -0.05) is 23.8 Å². The monoisotopic (exact) mass is 475 g/mol. The zero-order valence-electron chi connectivity index (χ0n) is 19.8. The maximum atomic E-state index is 13.3. The van der Waals surface area contributed by atoms with Crippen molar-refractivity contribution in [2.75, 3.05) is 18.7 Å². The molecular weight excluding hydrogens is 450 g/mol. The van der Waals surface area contributed by atoms with Crippen LogP contribution in [0.2, 0.25) is 0 Å². The Hall–Kier alpha value is -4.34. The third-order valence-electron chi connectivity index (χ3n) is 6.36. The van der Waals surface area contributed by atoms with Crippen LogP contribution in [0.4, 0.5) is 10.5 Å². The molecule has 0 radical (unpaired) electrons. The van der Waals surface area contributed by atoms with E-state index in [-0.39, 0.29) is 6.79 Å². The standard InChI is InChI=1S/C25H25N5O5/c1-14-5-8-18(9-6-14)30-16(3)22(15(2)28-30)26-21(31)12-29-23(32)25(4,27-24(29)33)17-7-10-19-20(11-17)35-13-34-19/h5-11H,12-13H2,1-4H3,(H,26,31)(H,27,33)/t25-/m0/s1. The van der Waals surface area contributed by atoms with Crippen LogP contribution in [-0.2, 0) is 15.1 Å². The first-order valence-corrected chi connectivity index (χ1v) is 11.1. The van der Waals surface area contributed by atoms with E-state index in [0.29, 0.717) is 28.4 Å². The molecule has 0 bridgehead atoms. The van der Waals surface area contributed by atoms with Crippen molar-refractivity contribution in [3.8, 4) is 17.2 Å². The topological polar surface area (TPSA) is 115 Å². The number of aromatic nitrogens is 2. The van der Waals surface area contributed by atoms with E-state index in [1.54, 1.807) is 36.7 Å². The van der Waals surface area contributed by atoms with Gasteiger partial charge in [-0.3, -0.25) is 14.5 Å². The van der Waals surface area contributed by atoms with Crippen molar-refractivity contribution < 1.29 is 23.9 Å². The molecular formula is C25H25N5O5. The van der Waals surface area contributed by atoms with Crippen LogP contribution in [0.5, 0.6) is 11.5 Å². The summed E-state index contributed by atoms with van der Waals surface area (Å²) in [6, 6.07) is 12.3. The molecule has 2 aliphatic heterocycles. The molecule has 1 saturated heterocycles. The molecule has 4 amide bonds. The minimum absolute atomic E-state index is 0.0986. The number of carbonyl (C=O) groups is 3. The number of imide groups is 1. The highest BCUT2D eigenvalue weighted by atomic mass is 16.7. The number of hydrogen-bond acceptors (Lipinski definition) is 6. The Balaban J connectivity index is 1.33. The number of aryl methyl sites for hydroxylation is 2. The third-order valence-corrected chi connectivity index (χ3v) is 6.36. The van der Waals surface area contributed by atoms with E-state index in [9.17, 15) is 14.4 Å². The zero-order valence-corrected chi connectivity index (χ0v) is 19.8. The Morgan fingerprint density at radius 2 is 1.80 bits per heavy atom. The summed E-state index contributed by atoms with van der Waals surface area (Å²) in [5.74, 6) is 0.0409. The summed E-state index contributed by atoms with van der Waals surface area (Å²) in [7, 11) is 0. The molecule has 35 heavy (non-hydrogen) atoms. The van der Waals surface area contributed by atoms with Gasteiger partial charge in [-0.25, -0.2) is 9.48 Å². The van der Waals surface area contributed by atoms with Crippen molar-refractivity contribution in [3.05, 3.63) is 65.0 Å². The number of fused-ring (bicyclic) bond motifs is 1. The molecule has 1 aromatic heterocycles. The molecule has 0 aliphatic carbocycles. The number of rotatable bonds is 5. The van der Waals surface area contributed by atoms with Crippen LogP contribution in [0.15, 0.2) is 42.5 Å². The molecule has 3 aromatic rings. The van der Waals surface area contributed by atoms with Gasteiger partial charge >= 0.3 is 6.03 Å². The van der Waals surface area contributed by atoms with E-state index in [1.807, 2.05) is 38.1 Å². The van der Waals surface area contributed by atoms with Crippen LogP contribution in [0.3, 0.4) is 0 Å². The highest BCUT2D eigenvalue weighted by Gasteiger charge is 2.50. The maximum absolute atomic E-state index is 13.3. The van der Waals surface area contributed by atoms with Crippen LogP contribution in [0.1, 0.15) is 29.4 Å². The maximum Gasteiger partial charge on any atom is 0.325 e. The van der Waals surface area contributed by atoms with E-state index in [0.717, 1.165) is 21.8 Å². The number of carbonyl (C=O) groups excluding carboxylic acids is 3. The van der Waals surface area contributed by atoms with Gasteiger partial charge in [0, 0.05) is 0 Å². The molecule has 2 aliphatic rings. The van der Waals surface area contributed by atoms with Gasteiger partial charge in [-0.15, -0.1) is 0 Å². The fraction of sp³-hybridized carbons (Fsp3) is 0.280. The molecule has 2 aromatic carbocycles. The molecule has 180 valence electrons. The normalized spacial score (nSPS) is 18.7. The van der Waals surface area contributed by atoms with Gasteiger partial charge in [-0.05, 0) is 57.5 Å². The highest BCUT2D eigenvalue weighted by Crippen LogP contribution is 2.37.